The van der Waals surface area contributed by atoms with Gasteiger partial charge in [0.2, 0.25) is 11.8 Å². The van der Waals surface area contributed by atoms with E-state index in [1.165, 1.54) is 19.2 Å². The molecule has 120 valence electrons. The molecule has 0 radical (unpaired) electrons. The molecule has 7 heteroatoms. The predicted octanol–water partition coefficient (Wildman–Crippen LogP) is 2.65. The monoisotopic (exact) mass is 333 g/mol. The Morgan fingerprint density at radius 1 is 1.26 bits per heavy atom. The largest absolute Gasteiger partial charge is 0.504 e. The van der Waals surface area contributed by atoms with Crippen molar-refractivity contribution in [3.63, 3.8) is 0 Å². The average molecular weight is 334 g/mol. The zero-order valence-electron chi connectivity index (χ0n) is 12.4. The van der Waals surface area contributed by atoms with Gasteiger partial charge in [0.25, 0.3) is 0 Å². The molecule has 0 fully saturated rings. The van der Waals surface area contributed by atoms with Crippen molar-refractivity contribution in [3.8, 4) is 5.75 Å². The Morgan fingerprint density at radius 2 is 1.96 bits per heavy atom. The molecule has 2 rings (SSSR count). The normalized spacial score (nSPS) is 11.6. The molecule has 1 aromatic carbocycles. The third kappa shape index (κ3) is 4.96. The van der Waals surface area contributed by atoms with E-state index in [2.05, 4.69) is 15.6 Å². The van der Waals surface area contributed by atoms with Gasteiger partial charge >= 0.3 is 0 Å². The molecule has 1 atom stereocenters. The van der Waals surface area contributed by atoms with Gasteiger partial charge in [-0.25, -0.2) is 4.98 Å². The number of anilines is 1. The van der Waals surface area contributed by atoms with E-state index in [1.54, 1.807) is 30.3 Å². The number of hydrogen-bond donors (Lipinski definition) is 3. The number of nitrogens with one attached hydrogen (secondary N) is 2. The van der Waals surface area contributed by atoms with Crippen LogP contribution < -0.4 is 10.6 Å². The van der Waals surface area contributed by atoms with Gasteiger partial charge in [-0.1, -0.05) is 23.7 Å². The van der Waals surface area contributed by atoms with Crippen LogP contribution in [0.1, 0.15) is 24.9 Å². The van der Waals surface area contributed by atoms with E-state index in [-0.39, 0.29) is 29.8 Å². The van der Waals surface area contributed by atoms with Gasteiger partial charge < -0.3 is 15.7 Å². The maximum Gasteiger partial charge on any atom is 0.228 e. The fraction of sp³-hybridized carbons (Fsp3) is 0.188. The first-order chi connectivity index (χ1) is 11.0. The Morgan fingerprint density at radius 3 is 2.57 bits per heavy atom. The van der Waals surface area contributed by atoms with Crippen LogP contribution in [-0.2, 0) is 9.59 Å². The minimum absolute atomic E-state index is 0.00275. The molecule has 23 heavy (non-hydrogen) atoms. The highest BCUT2D eigenvalue weighted by molar-refractivity contribution is 6.30. The number of carbonyl (C=O) groups is 2. The molecule has 0 unspecified atom stereocenters. The number of pyridine rings is 1. The average Bonchev–Trinajstić information content (AvgIpc) is 2.49. The Balaban J connectivity index is 2.11. The van der Waals surface area contributed by atoms with E-state index >= 15 is 0 Å². The molecule has 2 amide bonds. The Kier molecular flexibility index (Phi) is 5.54. The van der Waals surface area contributed by atoms with Crippen LogP contribution in [0.25, 0.3) is 0 Å². The van der Waals surface area contributed by atoms with Gasteiger partial charge in [0.15, 0.2) is 11.6 Å². The number of halogens is 1. The standard InChI is InChI=1S/C16H16ClN3O3/c1-10(21)19-13(11-4-6-12(17)7-5-11)9-15(23)20-16-14(22)3-2-8-18-16/h2-8,13,22H,9H2,1H3,(H,19,21)(H,18,20,23)/t13-/m1/s1. The van der Waals surface area contributed by atoms with Gasteiger partial charge in [0.05, 0.1) is 12.5 Å². The van der Waals surface area contributed by atoms with Gasteiger partial charge in [-0.05, 0) is 29.8 Å². The van der Waals surface area contributed by atoms with E-state index in [0.29, 0.717) is 5.02 Å². The molecular weight excluding hydrogens is 318 g/mol. The second-order valence-corrected chi connectivity index (χ2v) is 5.36. The lowest BCUT2D eigenvalue weighted by Crippen LogP contribution is -2.29. The number of amides is 2. The predicted molar refractivity (Wildman–Crippen MR) is 87.2 cm³/mol. The first kappa shape index (κ1) is 16.8. The molecule has 0 spiro atoms. The summed E-state index contributed by atoms with van der Waals surface area (Å²) in [5, 5.41) is 15.4. The molecule has 6 nitrogen and oxygen atoms in total. The zero-order chi connectivity index (χ0) is 16.8. The fourth-order valence-corrected chi connectivity index (χ4v) is 2.18. The van der Waals surface area contributed by atoms with Crippen LogP contribution in [0, 0.1) is 0 Å². The molecule has 0 bridgehead atoms. The summed E-state index contributed by atoms with van der Waals surface area (Å²) in [7, 11) is 0. The Hall–Kier alpha value is -2.60. The molecule has 2 aromatic rings. The molecule has 3 N–H and O–H groups in total. The van der Waals surface area contributed by atoms with Crippen LogP contribution in [0.4, 0.5) is 5.82 Å². The van der Waals surface area contributed by atoms with Crippen molar-refractivity contribution in [1.29, 1.82) is 0 Å². The van der Waals surface area contributed by atoms with Crippen LogP contribution in [0.5, 0.6) is 5.75 Å². The maximum atomic E-state index is 12.2. The van der Waals surface area contributed by atoms with Crippen molar-refractivity contribution in [3.05, 3.63) is 53.2 Å². The van der Waals surface area contributed by atoms with E-state index < -0.39 is 6.04 Å². The number of rotatable bonds is 5. The lowest BCUT2D eigenvalue weighted by molar-refractivity contribution is -0.120. The Bertz CT molecular complexity index is 704. The van der Waals surface area contributed by atoms with Crippen molar-refractivity contribution in [2.75, 3.05) is 5.32 Å². The van der Waals surface area contributed by atoms with Crippen LogP contribution in [0.2, 0.25) is 5.02 Å². The molecular formula is C16H16ClN3O3. The molecule has 0 aliphatic heterocycles. The van der Waals surface area contributed by atoms with Crippen molar-refractivity contribution in [2.24, 2.45) is 0 Å². The van der Waals surface area contributed by atoms with Gasteiger partial charge in [0.1, 0.15) is 0 Å². The minimum Gasteiger partial charge on any atom is -0.504 e. The summed E-state index contributed by atoms with van der Waals surface area (Å²) in [5.74, 6) is -0.676. The summed E-state index contributed by atoms with van der Waals surface area (Å²) in [6.07, 6.45) is 1.46. The highest BCUT2D eigenvalue weighted by atomic mass is 35.5. The Labute approximate surface area is 138 Å². The number of benzene rings is 1. The second kappa shape index (κ2) is 7.60. The maximum absolute atomic E-state index is 12.2. The van der Waals surface area contributed by atoms with E-state index in [1.807, 2.05) is 0 Å². The highest BCUT2D eigenvalue weighted by Gasteiger charge is 2.18. The van der Waals surface area contributed by atoms with Crippen molar-refractivity contribution in [1.82, 2.24) is 10.3 Å². The molecule has 0 saturated heterocycles. The first-order valence-electron chi connectivity index (χ1n) is 6.92. The lowest BCUT2D eigenvalue weighted by Gasteiger charge is -2.18. The van der Waals surface area contributed by atoms with Crippen LogP contribution in [0.3, 0.4) is 0 Å². The third-order valence-electron chi connectivity index (χ3n) is 3.08. The zero-order valence-corrected chi connectivity index (χ0v) is 13.2. The number of nitrogens with zero attached hydrogens (tertiary/aromatic N) is 1. The smallest absolute Gasteiger partial charge is 0.228 e. The first-order valence-corrected chi connectivity index (χ1v) is 7.30. The molecule has 0 saturated carbocycles. The van der Waals surface area contributed by atoms with E-state index in [0.717, 1.165) is 5.56 Å². The van der Waals surface area contributed by atoms with Gasteiger partial charge in [-0.2, -0.15) is 0 Å². The number of aromatic nitrogens is 1. The third-order valence-corrected chi connectivity index (χ3v) is 3.34. The number of aromatic hydroxyl groups is 1. The van der Waals surface area contributed by atoms with E-state index in [9.17, 15) is 14.7 Å². The molecule has 1 aromatic heterocycles. The topological polar surface area (TPSA) is 91.3 Å². The minimum atomic E-state index is -0.504. The van der Waals surface area contributed by atoms with Gasteiger partial charge in [-0.3, -0.25) is 9.59 Å². The summed E-state index contributed by atoms with van der Waals surface area (Å²) in [6.45, 7) is 1.38. The summed E-state index contributed by atoms with van der Waals surface area (Å²) in [6, 6.07) is 9.34. The summed E-state index contributed by atoms with van der Waals surface area (Å²) in [4.78, 5) is 27.4. The molecule has 0 aliphatic rings. The fourth-order valence-electron chi connectivity index (χ4n) is 2.05. The molecule has 1 heterocycles. The van der Waals surface area contributed by atoms with Crippen molar-refractivity contribution in [2.45, 2.75) is 19.4 Å². The van der Waals surface area contributed by atoms with Crippen LogP contribution in [-0.4, -0.2) is 21.9 Å². The lowest BCUT2D eigenvalue weighted by atomic mass is 10.0. The SMILES string of the molecule is CC(=O)N[C@H](CC(=O)Nc1ncccc1O)c1ccc(Cl)cc1. The second-order valence-electron chi connectivity index (χ2n) is 4.93. The van der Waals surface area contributed by atoms with Crippen molar-refractivity contribution >= 4 is 29.2 Å². The van der Waals surface area contributed by atoms with E-state index in [4.69, 9.17) is 11.6 Å². The van der Waals surface area contributed by atoms with Gasteiger partial charge in [-0.15, -0.1) is 0 Å². The van der Waals surface area contributed by atoms with Crippen LogP contribution >= 0.6 is 11.6 Å². The molecule has 0 aliphatic carbocycles. The number of carbonyl (C=O) groups excluding carboxylic acids is 2. The summed E-state index contributed by atoms with van der Waals surface area (Å²) >= 11 is 5.85. The quantitative estimate of drug-likeness (QED) is 0.784. The highest BCUT2D eigenvalue weighted by Crippen LogP contribution is 2.22. The number of hydrogen-bond acceptors (Lipinski definition) is 4. The van der Waals surface area contributed by atoms with Gasteiger partial charge in [0, 0.05) is 18.1 Å². The van der Waals surface area contributed by atoms with Crippen molar-refractivity contribution < 1.29 is 14.7 Å². The summed E-state index contributed by atoms with van der Waals surface area (Å²) in [5.41, 5.74) is 0.755. The van der Waals surface area contributed by atoms with Crippen LogP contribution in [0.15, 0.2) is 42.6 Å². The summed E-state index contributed by atoms with van der Waals surface area (Å²) < 4.78 is 0.